The highest BCUT2D eigenvalue weighted by Crippen LogP contribution is 2.22. The van der Waals surface area contributed by atoms with Crippen molar-refractivity contribution in [1.29, 1.82) is 0 Å². The molecule has 0 aliphatic carbocycles. The molecule has 1 atom stereocenters. The Morgan fingerprint density at radius 3 is 2.80 bits per heavy atom. The Balaban J connectivity index is 1.35. The van der Waals surface area contributed by atoms with E-state index >= 15 is 0 Å². The predicted molar refractivity (Wildman–Crippen MR) is 101 cm³/mol. The number of pyridine rings is 1. The van der Waals surface area contributed by atoms with Gasteiger partial charge >= 0.3 is 0 Å². The molecule has 1 N–H and O–H groups in total. The standard InChI is InChI=1S/C21H22N4/c1-2-6-18(7-3-1)20-16-25-15-19(8-9-21(25)24-20)23-12-4-5-17-10-13-22-14-11-17/h1-7,10-11,13-14,16,19,23H,8-9,12,15H2/b5-4+. The molecule has 0 fully saturated rings. The Bertz CT molecular complexity index is 837. The Kier molecular flexibility index (Phi) is 4.70. The van der Waals surface area contributed by atoms with Gasteiger partial charge in [-0.3, -0.25) is 4.98 Å². The summed E-state index contributed by atoms with van der Waals surface area (Å²) in [5.41, 5.74) is 3.45. The Morgan fingerprint density at radius 2 is 1.96 bits per heavy atom. The molecule has 1 aromatic carbocycles. The summed E-state index contributed by atoms with van der Waals surface area (Å²) < 4.78 is 2.30. The van der Waals surface area contributed by atoms with Crippen LogP contribution in [0.5, 0.6) is 0 Å². The van der Waals surface area contributed by atoms with Crippen LogP contribution in [0, 0.1) is 0 Å². The molecule has 126 valence electrons. The molecule has 4 nitrogen and oxygen atoms in total. The fourth-order valence-corrected chi connectivity index (χ4v) is 3.26. The van der Waals surface area contributed by atoms with Gasteiger partial charge in [-0.05, 0) is 24.1 Å². The van der Waals surface area contributed by atoms with Crippen LogP contribution in [0.4, 0.5) is 0 Å². The molecule has 0 saturated heterocycles. The zero-order valence-electron chi connectivity index (χ0n) is 14.2. The van der Waals surface area contributed by atoms with E-state index in [9.17, 15) is 0 Å². The lowest BCUT2D eigenvalue weighted by Crippen LogP contribution is -2.37. The molecule has 0 bridgehead atoms. The highest BCUT2D eigenvalue weighted by Gasteiger charge is 2.19. The highest BCUT2D eigenvalue weighted by atomic mass is 15.1. The maximum Gasteiger partial charge on any atom is 0.109 e. The predicted octanol–water partition coefficient (Wildman–Crippen LogP) is 3.56. The van der Waals surface area contributed by atoms with E-state index in [0.717, 1.165) is 31.6 Å². The van der Waals surface area contributed by atoms with Crippen molar-refractivity contribution in [3.63, 3.8) is 0 Å². The van der Waals surface area contributed by atoms with Crippen LogP contribution in [0.3, 0.4) is 0 Å². The third-order valence-electron chi connectivity index (χ3n) is 4.60. The van der Waals surface area contributed by atoms with Gasteiger partial charge < -0.3 is 9.88 Å². The molecule has 1 aliphatic heterocycles. The third-order valence-corrected chi connectivity index (χ3v) is 4.60. The van der Waals surface area contributed by atoms with Crippen molar-refractivity contribution in [1.82, 2.24) is 19.9 Å². The van der Waals surface area contributed by atoms with E-state index in [1.54, 1.807) is 0 Å². The fourth-order valence-electron chi connectivity index (χ4n) is 3.26. The molecule has 3 aromatic rings. The van der Waals surface area contributed by atoms with Crippen LogP contribution >= 0.6 is 0 Å². The Morgan fingerprint density at radius 1 is 1.12 bits per heavy atom. The van der Waals surface area contributed by atoms with Gasteiger partial charge in [0.15, 0.2) is 0 Å². The molecule has 4 heteroatoms. The Hall–Kier alpha value is -2.72. The molecule has 0 saturated carbocycles. The lowest BCUT2D eigenvalue weighted by molar-refractivity contribution is 0.392. The lowest BCUT2D eigenvalue weighted by Gasteiger charge is -2.24. The molecule has 0 radical (unpaired) electrons. The number of hydrogen-bond donors (Lipinski definition) is 1. The first-order valence-corrected chi connectivity index (χ1v) is 8.80. The van der Waals surface area contributed by atoms with Crippen molar-refractivity contribution >= 4 is 6.08 Å². The monoisotopic (exact) mass is 330 g/mol. The summed E-state index contributed by atoms with van der Waals surface area (Å²) in [5, 5.41) is 3.63. The molecular formula is C21H22N4. The van der Waals surface area contributed by atoms with Crippen LogP contribution in [0.1, 0.15) is 17.8 Å². The minimum atomic E-state index is 0.493. The quantitative estimate of drug-likeness (QED) is 0.778. The van der Waals surface area contributed by atoms with Gasteiger partial charge in [0.25, 0.3) is 0 Å². The number of aromatic nitrogens is 3. The zero-order valence-corrected chi connectivity index (χ0v) is 14.2. The molecular weight excluding hydrogens is 308 g/mol. The van der Waals surface area contributed by atoms with Crippen molar-refractivity contribution < 1.29 is 0 Å². The summed E-state index contributed by atoms with van der Waals surface area (Å²) in [5.74, 6) is 1.20. The van der Waals surface area contributed by atoms with Gasteiger partial charge in [-0.1, -0.05) is 42.5 Å². The number of aryl methyl sites for hydroxylation is 1. The number of nitrogens with zero attached hydrogens (tertiary/aromatic N) is 3. The van der Waals surface area contributed by atoms with Crippen LogP contribution in [0.15, 0.2) is 67.1 Å². The van der Waals surface area contributed by atoms with Gasteiger partial charge in [0.2, 0.25) is 0 Å². The average Bonchev–Trinajstić information content (AvgIpc) is 3.10. The van der Waals surface area contributed by atoms with Crippen molar-refractivity contribution in [3.8, 4) is 11.3 Å². The topological polar surface area (TPSA) is 42.7 Å². The smallest absolute Gasteiger partial charge is 0.109 e. The molecule has 1 aliphatic rings. The molecule has 0 spiro atoms. The second-order valence-corrected chi connectivity index (χ2v) is 6.39. The maximum atomic E-state index is 4.81. The minimum absolute atomic E-state index is 0.493. The van der Waals surface area contributed by atoms with Gasteiger partial charge in [-0.2, -0.15) is 0 Å². The SMILES string of the molecule is C(=C\c1ccncc1)/CNC1CCc2nc(-c3ccccc3)cn2C1. The maximum absolute atomic E-state index is 4.81. The van der Waals surface area contributed by atoms with Crippen LogP contribution < -0.4 is 5.32 Å². The van der Waals surface area contributed by atoms with E-state index in [1.165, 1.54) is 17.0 Å². The van der Waals surface area contributed by atoms with Crippen molar-refractivity contribution in [3.05, 3.63) is 78.5 Å². The first-order chi connectivity index (χ1) is 12.4. The number of imidazole rings is 1. The first-order valence-electron chi connectivity index (χ1n) is 8.80. The van der Waals surface area contributed by atoms with E-state index in [0.29, 0.717) is 6.04 Å². The number of rotatable bonds is 5. The van der Waals surface area contributed by atoms with Gasteiger partial charge in [0.1, 0.15) is 5.82 Å². The Labute approximate surface area is 148 Å². The van der Waals surface area contributed by atoms with Gasteiger partial charge in [0.05, 0.1) is 5.69 Å². The van der Waals surface area contributed by atoms with Crippen LogP contribution in [0.2, 0.25) is 0 Å². The van der Waals surface area contributed by atoms with Crippen molar-refractivity contribution in [2.24, 2.45) is 0 Å². The van der Waals surface area contributed by atoms with Crippen LogP contribution in [0.25, 0.3) is 17.3 Å². The van der Waals surface area contributed by atoms with Crippen molar-refractivity contribution in [2.75, 3.05) is 6.54 Å². The summed E-state index contributed by atoms with van der Waals surface area (Å²) in [6.45, 7) is 1.86. The summed E-state index contributed by atoms with van der Waals surface area (Å²) in [4.78, 5) is 8.84. The number of nitrogens with one attached hydrogen (secondary N) is 1. The van der Waals surface area contributed by atoms with Gasteiger partial charge in [-0.15, -0.1) is 0 Å². The summed E-state index contributed by atoms with van der Waals surface area (Å²) in [7, 11) is 0. The second-order valence-electron chi connectivity index (χ2n) is 6.39. The van der Waals surface area contributed by atoms with E-state index in [1.807, 2.05) is 30.6 Å². The number of fused-ring (bicyclic) bond motifs is 1. The number of benzene rings is 1. The van der Waals surface area contributed by atoms with E-state index in [4.69, 9.17) is 4.98 Å². The summed E-state index contributed by atoms with van der Waals surface area (Å²) in [6, 6.07) is 14.9. The highest BCUT2D eigenvalue weighted by molar-refractivity contribution is 5.58. The molecule has 1 unspecified atom stereocenters. The van der Waals surface area contributed by atoms with Gasteiger partial charge in [0, 0.05) is 49.7 Å². The summed E-state index contributed by atoms with van der Waals surface area (Å²) >= 11 is 0. The molecule has 0 amide bonds. The largest absolute Gasteiger partial charge is 0.333 e. The second kappa shape index (κ2) is 7.45. The fraction of sp³-hybridized carbons (Fsp3) is 0.238. The molecule has 3 heterocycles. The first kappa shape index (κ1) is 15.8. The zero-order chi connectivity index (χ0) is 16.9. The minimum Gasteiger partial charge on any atom is -0.333 e. The van der Waals surface area contributed by atoms with E-state index < -0.39 is 0 Å². The van der Waals surface area contributed by atoms with Gasteiger partial charge in [-0.25, -0.2) is 4.98 Å². The number of hydrogen-bond acceptors (Lipinski definition) is 3. The van der Waals surface area contributed by atoms with Crippen molar-refractivity contribution in [2.45, 2.75) is 25.4 Å². The normalized spacial score (nSPS) is 16.9. The van der Waals surface area contributed by atoms with Crippen LogP contribution in [-0.2, 0) is 13.0 Å². The molecule has 4 rings (SSSR count). The lowest BCUT2D eigenvalue weighted by atomic mass is 10.1. The molecule has 25 heavy (non-hydrogen) atoms. The third kappa shape index (κ3) is 3.86. The average molecular weight is 330 g/mol. The van der Waals surface area contributed by atoms with E-state index in [-0.39, 0.29) is 0 Å². The van der Waals surface area contributed by atoms with E-state index in [2.05, 4.69) is 57.5 Å². The van der Waals surface area contributed by atoms with Crippen LogP contribution in [-0.4, -0.2) is 27.1 Å². The molecule has 2 aromatic heterocycles. The summed E-state index contributed by atoms with van der Waals surface area (Å²) in [6.07, 6.45) is 12.3.